The molecule has 0 saturated carbocycles. The number of nitrogens with zero attached hydrogens (tertiary/aromatic N) is 1. The van der Waals surface area contributed by atoms with E-state index in [4.69, 9.17) is 21.1 Å². The van der Waals surface area contributed by atoms with Crippen LogP contribution in [-0.4, -0.2) is 36.9 Å². The monoisotopic (exact) mass is 429 g/mol. The molecular weight excluding hydrogens is 411 g/mol. The van der Waals surface area contributed by atoms with E-state index in [-0.39, 0.29) is 10.9 Å². The van der Waals surface area contributed by atoms with Gasteiger partial charge in [-0.1, -0.05) is 11.6 Å². The second-order valence-corrected chi connectivity index (χ2v) is 7.22. The zero-order valence-electron chi connectivity index (χ0n) is 15.2. The molecule has 0 aliphatic carbocycles. The van der Waals surface area contributed by atoms with Gasteiger partial charge in [0.1, 0.15) is 11.5 Å². The second kappa shape index (κ2) is 8.87. The number of carboxylic acids is 1. The Morgan fingerprint density at radius 1 is 1.34 bits per heavy atom. The number of halogens is 4. The fraction of sp³-hybridized carbons (Fsp3) is 0.368. The number of carbonyl (C=O) groups is 1. The Balaban J connectivity index is 1.57. The van der Waals surface area contributed by atoms with Crippen molar-refractivity contribution < 1.29 is 27.5 Å². The van der Waals surface area contributed by atoms with Crippen LogP contribution in [0, 0.1) is 11.8 Å². The quantitative estimate of drug-likeness (QED) is 0.479. The fourth-order valence-electron chi connectivity index (χ4n) is 3.12. The average molecular weight is 430 g/mol. The van der Waals surface area contributed by atoms with Crippen LogP contribution in [0.4, 0.5) is 13.2 Å². The SMILES string of the molecule is O=C(O)[C@H]1CNC[C@H](CN/N=C/c2ccc(-c3ccc(C(F)(F)F)cc3Cl)o2)C1. The molecule has 1 fully saturated rings. The number of rotatable bonds is 6. The van der Waals surface area contributed by atoms with Crippen LogP contribution < -0.4 is 10.7 Å². The van der Waals surface area contributed by atoms with Gasteiger partial charge in [-0.15, -0.1) is 0 Å². The zero-order valence-corrected chi connectivity index (χ0v) is 15.9. The van der Waals surface area contributed by atoms with Crippen molar-refractivity contribution in [2.24, 2.45) is 16.9 Å². The molecule has 0 unspecified atom stereocenters. The van der Waals surface area contributed by atoms with Crippen LogP contribution in [0.25, 0.3) is 11.3 Å². The molecule has 0 spiro atoms. The number of hydrazone groups is 1. The van der Waals surface area contributed by atoms with E-state index in [1.807, 2.05) is 0 Å². The van der Waals surface area contributed by atoms with Crippen LogP contribution >= 0.6 is 11.6 Å². The van der Waals surface area contributed by atoms with E-state index in [9.17, 15) is 18.0 Å². The number of aliphatic carboxylic acids is 1. The summed E-state index contributed by atoms with van der Waals surface area (Å²) in [4.78, 5) is 11.1. The van der Waals surface area contributed by atoms with Crippen molar-refractivity contribution in [2.75, 3.05) is 19.6 Å². The molecule has 2 atom stereocenters. The van der Waals surface area contributed by atoms with Gasteiger partial charge in [0.25, 0.3) is 0 Å². The first kappa shape index (κ1) is 21.2. The summed E-state index contributed by atoms with van der Waals surface area (Å²) in [5.41, 5.74) is 2.39. The van der Waals surface area contributed by atoms with Crippen molar-refractivity contribution in [3.8, 4) is 11.3 Å². The number of piperidine rings is 1. The summed E-state index contributed by atoms with van der Waals surface area (Å²) in [6, 6.07) is 6.28. The predicted octanol–water partition coefficient (Wildman–Crippen LogP) is 3.85. The third kappa shape index (κ3) is 5.51. The molecular formula is C19H19ClF3N3O3. The summed E-state index contributed by atoms with van der Waals surface area (Å²) >= 11 is 5.97. The van der Waals surface area contributed by atoms with Gasteiger partial charge in [0, 0.05) is 18.7 Å². The first-order chi connectivity index (χ1) is 13.7. The van der Waals surface area contributed by atoms with E-state index in [1.165, 1.54) is 12.3 Å². The van der Waals surface area contributed by atoms with Gasteiger partial charge in [0.15, 0.2) is 0 Å². The normalized spacial score (nSPS) is 20.1. The number of benzene rings is 1. The summed E-state index contributed by atoms with van der Waals surface area (Å²) < 4.78 is 43.8. The first-order valence-corrected chi connectivity index (χ1v) is 9.28. The highest BCUT2D eigenvalue weighted by atomic mass is 35.5. The number of hydrogen-bond acceptors (Lipinski definition) is 5. The molecule has 3 N–H and O–H groups in total. The topological polar surface area (TPSA) is 86.9 Å². The Hall–Kier alpha value is -2.52. The molecule has 0 radical (unpaired) electrons. The third-order valence-corrected chi connectivity index (χ3v) is 4.96. The Morgan fingerprint density at radius 2 is 2.14 bits per heavy atom. The number of alkyl halides is 3. The Kier molecular flexibility index (Phi) is 6.49. The van der Waals surface area contributed by atoms with Gasteiger partial charge in [-0.3, -0.25) is 4.79 Å². The van der Waals surface area contributed by atoms with Crippen LogP contribution in [-0.2, 0) is 11.0 Å². The first-order valence-electron chi connectivity index (χ1n) is 8.90. The van der Waals surface area contributed by atoms with E-state index >= 15 is 0 Å². The largest absolute Gasteiger partial charge is 0.481 e. The molecule has 2 heterocycles. The minimum atomic E-state index is -4.47. The second-order valence-electron chi connectivity index (χ2n) is 6.81. The molecule has 0 bridgehead atoms. The van der Waals surface area contributed by atoms with Crippen molar-refractivity contribution >= 4 is 23.8 Å². The molecule has 10 heteroatoms. The summed E-state index contributed by atoms with van der Waals surface area (Å²) in [6.45, 7) is 1.69. The fourth-order valence-corrected chi connectivity index (χ4v) is 3.40. The molecule has 1 aliphatic heterocycles. The minimum Gasteiger partial charge on any atom is -0.481 e. The number of hydrogen-bond donors (Lipinski definition) is 3. The summed E-state index contributed by atoms with van der Waals surface area (Å²) in [6.07, 6.45) is -2.46. The summed E-state index contributed by atoms with van der Waals surface area (Å²) in [5.74, 6) is -0.351. The lowest BCUT2D eigenvalue weighted by Gasteiger charge is -2.27. The molecule has 3 rings (SSSR count). The summed E-state index contributed by atoms with van der Waals surface area (Å²) in [7, 11) is 0. The van der Waals surface area contributed by atoms with Crippen molar-refractivity contribution in [3.63, 3.8) is 0 Å². The van der Waals surface area contributed by atoms with Crippen LogP contribution in [0.1, 0.15) is 17.7 Å². The van der Waals surface area contributed by atoms with Crippen LogP contribution in [0.5, 0.6) is 0 Å². The van der Waals surface area contributed by atoms with E-state index in [1.54, 1.807) is 12.1 Å². The van der Waals surface area contributed by atoms with Gasteiger partial charge in [-0.25, -0.2) is 0 Å². The van der Waals surface area contributed by atoms with E-state index < -0.39 is 23.6 Å². The van der Waals surface area contributed by atoms with Gasteiger partial charge in [0.05, 0.1) is 22.7 Å². The number of carboxylic acid groups (broad SMARTS) is 1. The maximum absolute atomic E-state index is 12.7. The average Bonchev–Trinajstić information content (AvgIpc) is 3.13. The molecule has 0 amide bonds. The lowest BCUT2D eigenvalue weighted by molar-refractivity contribution is -0.142. The third-order valence-electron chi connectivity index (χ3n) is 4.64. The number of furan rings is 1. The van der Waals surface area contributed by atoms with Gasteiger partial charge in [-0.2, -0.15) is 18.3 Å². The highest BCUT2D eigenvalue weighted by molar-refractivity contribution is 6.33. The lowest BCUT2D eigenvalue weighted by atomic mass is 9.91. The van der Waals surface area contributed by atoms with Gasteiger partial charge in [0.2, 0.25) is 0 Å². The molecule has 156 valence electrons. The Morgan fingerprint density at radius 3 is 2.83 bits per heavy atom. The maximum atomic E-state index is 12.7. The standard InChI is InChI=1S/C19H19ClF3N3O3/c20-16-6-13(19(21,22)23)1-3-15(16)17-4-2-14(29-17)10-26-25-8-11-5-12(18(27)28)9-24-7-11/h1-4,6,10-12,24-25H,5,7-9H2,(H,27,28)/b26-10+/t11-,12-/m1/s1. The van der Waals surface area contributed by atoms with Crippen molar-refractivity contribution in [3.05, 3.63) is 46.7 Å². The summed E-state index contributed by atoms with van der Waals surface area (Å²) in [5, 5.41) is 16.2. The van der Waals surface area contributed by atoms with Crippen LogP contribution in [0.2, 0.25) is 5.02 Å². The van der Waals surface area contributed by atoms with Crippen molar-refractivity contribution in [1.29, 1.82) is 0 Å². The predicted molar refractivity (Wildman–Crippen MR) is 102 cm³/mol. The van der Waals surface area contributed by atoms with Crippen LogP contribution in [0.15, 0.2) is 39.9 Å². The van der Waals surface area contributed by atoms with Gasteiger partial charge < -0.3 is 20.3 Å². The molecule has 29 heavy (non-hydrogen) atoms. The molecule has 2 aromatic rings. The smallest absolute Gasteiger partial charge is 0.416 e. The Labute approximate surface area is 169 Å². The molecule has 1 saturated heterocycles. The molecule has 1 aromatic heterocycles. The highest BCUT2D eigenvalue weighted by Gasteiger charge is 2.31. The molecule has 1 aliphatic rings. The van der Waals surface area contributed by atoms with Crippen molar-refractivity contribution in [1.82, 2.24) is 10.7 Å². The highest BCUT2D eigenvalue weighted by Crippen LogP contribution is 2.36. The molecule has 1 aromatic carbocycles. The van der Waals surface area contributed by atoms with Crippen LogP contribution in [0.3, 0.4) is 0 Å². The molecule has 6 nitrogen and oxygen atoms in total. The maximum Gasteiger partial charge on any atom is 0.416 e. The van der Waals surface area contributed by atoms with Gasteiger partial charge >= 0.3 is 12.1 Å². The number of nitrogens with one attached hydrogen (secondary N) is 2. The van der Waals surface area contributed by atoms with E-state index in [0.717, 1.165) is 12.1 Å². The van der Waals surface area contributed by atoms with Gasteiger partial charge in [-0.05, 0) is 49.2 Å². The minimum absolute atomic E-state index is 0.0615. The zero-order chi connectivity index (χ0) is 21.0. The Bertz CT molecular complexity index is 898. The van der Waals surface area contributed by atoms with E-state index in [2.05, 4.69) is 15.8 Å². The van der Waals surface area contributed by atoms with Crippen molar-refractivity contribution in [2.45, 2.75) is 12.6 Å². The lowest BCUT2D eigenvalue weighted by Crippen LogP contribution is -2.42. The van der Waals surface area contributed by atoms with E-state index in [0.29, 0.717) is 43.1 Å².